The fraction of sp³-hybridized carbons (Fsp3) is 0.963. The molecule has 2 aliphatic heterocycles. The summed E-state index contributed by atoms with van der Waals surface area (Å²) in [7, 11) is 0. The van der Waals surface area contributed by atoms with Crippen LogP contribution in [0, 0.1) is 52.3 Å². The molecule has 2 saturated heterocycles. The molecule has 0 radical (unpaired) electrons. The molecule has 1 spiro atoms. The first-order valence-electron chi connectivity index (χ1n) is 13.2. The van der Waals surface area contributed by atoms with Crippen LogP contribution in [0.1, 0.15) is 85.5 Å². The smallest absolute Gasteiger partial charge is 0.171 e. The third-order valence-corrected chi connectivity index (χ3v) is 11.6. The van der Waals surface area contributed by atoms with E-state index in [1.54, 1.807) is 0 Å². The summed E-state index contributed by atoms with van der Waals surface area (Å²) in [5.41, 5.74) is 0.143. The van der Waals surface area contributed by atoms with Crippen molar-refractivity contribution in [3.63, 3.8) is 0 Å². The first-order chi connectivity index (χ1) is 14.7. The maximum absolute atomic E-state index is 13.9. The zero-order valence-corrected chi connectivity index (χ0v) is 19.9. The average Bonchev–Trinajstić information content (AvgIpc) is 3.15. The number of aliphatic hydroxyl groups excluding tert-OH is 1. The molecule has 0 bridgehead atoms. The molecule has 0 amide bonds. The lowest BCUT2D eigenvalue weighted by Gasteiger charge is -2.60. The first-order valence-corrected chi connectivity index (χ1v) is 13.2. The molecular formula is C27H42O4. The van der Waals surface area contributed by atoms with Crippen molar-refractivity contribution in [2.75, 3.05) is 6.61 Å². The molecule has 2 heterocycles. The number of fused-ring (bicyclic) bond motifs is 7. The monoisotopic (exact) mass is 430 g/mol. The van der Waals surface area contributed by atoms with Crippen LogP contribution in [0.4, 0.5) is 0 Å². The number of hydrogen-bond donors (Lipinski definition) is 1. The lowest BCUT2D eigenvalue weighted by molar-refractivity contribution is -0.272. The summed E-state index contributed by atoms with van der Waals surface area (Å²) in [5, 5.41) is 10.3. The van der Waals surface area contributed by atoms with E-state index in [1.165, 1.54) is 12.8 Å². The minimum atomic E-state index is -0.404. The molecule has 174 valence electrons. The predicted molar refractivity (Wildman–Crippen MR) is 118 cm³/mol. The number of rotatable bonds is 0. The second-order valence-corrected chi connectivity index (χ2v) is 13.1. The third kappa shape index (κ3) is 2.74. The number of ether oxygens (including phenoxy) is 2. The van der Waals surface area contributed by atoms with Gasteiger partial charge in [-0.15, -0.1) is 0 Å². The summed E-state index contributed by atoms with van der Waals surface area (Å²) < 4.78 is 13.2. The van der Waals surface area contributed by atoms with Gasteiger partial charge in [0.25, 0.3) is 0 Å². The topological polar surface area (TPSA) is 55.8 Å². The first kappa shape index (κ1) is 21.1. The molecule has 0 aromatic heterocycles. The SMILES string of the molecule is CC1CCC2(OC1)OC1CC3C4CC[C@H]5CC(O)CCC5(C)C4C(=O)CC3(C)C1C2C. The van der Waals surface area contributed by atoms with E-state index in [1.807, 2.05) is 0 Å². The number of hydrogen-bond acceptors (Lipinski definition) is 4. The molecule has 4 heteroatoms. The van der Waals surface area contributed by atoms with E-state index < -0.39 is 5.79 Å². The number of Topliss-reactive ketones (excluding diaryl/α,β-unsaturated/α-hetero) is 1. The van der Waals surface area contributed by atoms with Gasteiger partial charge in [0.1, 0.15) is 5.78 Å². The van der Waals surface area contributed by atoms with Crippen molar-refractivity contribution in [1.82, 2.24) is 0 Å². The molecule has 4 nitrogen and oxygen atoms in total. The Morgan fingerprint density at radius 1 is 1.00 bits per heavy atom. The summed E-state index contributed by atoms with van der Waals surface area (Å²) in [6.45, 7) is 10.2. The largest absolute Gasteiger partial charge is 0.393 e. The summed E-state index contributed by atoms with van der Waals surface area (Å²) >= 11 is 0. The Morgan fingerprint density at radius 2 is 1.81 bits per heavy atom. The van der Waals surface area contributed by atoms with E-state index in [4.69, 9.17) is 9.47 Å². The van der Waals surface area contributed by atoms with Crippen LogP contribution in [0.15, 0.2) is 0 Å². The van der Waals surface area contributed by atoms with Gasteiger partial charge in [-0.1, -0.05) is 27.7 Å². The van der Waals surface area contributed by atoms with Crippen molar-refractivity contribution in [3.05, 3.63) is 0 Å². The molecule has 4 saturated carbocycles. The number of aliphatic hydroxyl groups is 1. The number of carbonyl (C=O) groups excluding carboxylic acids is 1. The Morgan fingerprint density at radius 3 is 2.55 bits per heavy atom. The van der Waals surface area contributed by atoms with E-state index in [-0.39, 0.29) is 29.0 Å². The molecular weight excluding hydrogens is 388 g/mol. The molecule has 6 rings (SSSR count). The number of carbonyl (C=O) groups is 1. The minimum Gasteiger partial charge on any atom is -0.393 e. The Balaban J connectivity index is 1.30. The van der Waals surface area contributed by atoms with Crippen LogP contribution in [0.2, 0.25) is 0 Å². The average molecular weight is 431 g/mol. The highest BCUT2D eigenvalue weighted by Gasteiger charge is 2.70. The maximum Gasteiger partial charge on any atom is 0.171 e. The second kappa shape index (κ2) is 6.79. The zero-order valence-electron chi connectivity index (χ0n) is 19.9. The second-order valence-electron chi connectivity index (χ2n) is 13.1. The van der Waals surface area contributed by atoms with Crippen molar-refractivity contribution in [2.45, 2.75) is 103 Å². The molecule has 12 atom stereocenters. The molecule has 11 unspecified atom stereocenters. The van der Waals surface area contributed by atoms with E-state index >= 15 is 0 Å². The Hall–Kier alpha value is -0.450. The minimum absolute atomic E-state index is 0.0512. The fourth-order valence-corrected chi connectivity index (χ4v) is 10.1. The molecule has 1 N–H and O–H groups in total. The van der Waals surface area contributed by atoms with Gasteiger partial charge in [-0.05, 0) is 85.4 Å². The highest BCUT2D eigenvalue weighted by atomic mass is 16.7. The van der Waals surface area contributed by atoms with Gasteiger partial charge >= 0.3 is 0 Å². The van der Waals surface area contributed by atoms with Crippen molar-refractivity contribution >= 4 is 5.78 Å². The number of ketones is 1. The highest BCUT2D eigenvalue weighted by molar-refractivity contribution is 5.84. The predicted octanol–water partition coefficient (Wildman–Crippen LogP) is 4.97. The summed E-state index contributed by atoms with van der Waals surface area (Å²) in [6.07, 6.45) is 9.26. The maximum atomic E-state index is 13.9. The standard InChI is InChI=1S/C27H42O4/c1-15-7-10-27(30-14-15)16(2)23-22(31-27)12-20-19-6-5-17-11-18(28)8-9-25(17,3)24(19)21(29)13-26(20,23)4/h15-20,22-24,28H,5-14H2,1-4H3/t15?,16?,17-,18?,19?,20?,22?,23?,24?,25?,26?,27?/m0/s1. The van der Waals surface area contributed by atoms with E-state index in [2.05, 4.69) is 27.7 Å². The molecule has 6 aliphatic rings. The third-order valence-electron chi connectivity index (χ3n) is 11.6. The summed E-state index contributed by atoms with van der Waals surface area (Å²) in [6, 6.07) is 0. The van der Waals surface area contributed by atoms with Crippen LogP contribution in [0.25, 0.3) is 0 Å². The van der Waals surface area contributed by atoms with Crippen LogP contribution in [-0.4, -0.2) is 35.5 Å². The van der Waals surface area contributed by atoms with E-state index in [0.29, 0.717) is 41.3 Å². The van der Waals surface area contributed by atoms with Crippen LogP contribution < -0.4 is 0 Å². The van der Waals surface area contributed by atoms with Gasteiger partial charge in [0, 0.05) is 24.7 Å². The fourth-order valence-electron chi connectivity index (χ4n) is 10.1. The van der Waals surface area contributed by atoms with Gasteiger partial charge in [-0.25, -0.2) is 0 Å². The molecule has 31 heavy (non-hydrogen) atoms. The van der Waals surface area contributed by atoms with Crippen LogP contribution in [0.5, 0.6) is 0 Å². The van der Waals surface area contributed by atoms with Gasteiger partial charge in [0.2, 0.25) is 0 Å². The Labute approximate surface area is 187 Å². The van der Waals surface area contributed by atoms with Crippen LogP contribution in [0.3, 0.4) is 0 Å². The molecule has 0 aromatic carbocycles. The molecule has 4 aliphatic carbocycles. The highest BCUT2D eigenvalue weighted by Crippen LogP contribution is 2.70. The lowest BCUT2D eigenvalue weighted by atomic mass is 9.44. The van der Waals surface area contributed by atoms with Gasteiger partial charge in [0.05, 0.1) is 18.8 Å². The molecule has 0 aromatic rings. The van der Waals surface area contributed by atoms with Crippen LogP contribution >= 0.6 is 0 Å². The molecule has 6 fully saturated rings. The normalized spacial score (nSPS) is 60.9. The van der Waals surface area contributed by atoms with Crippen molar-refractivity contribution in [1.29, 1.82) is 0 Å². The quantitative estimate of drug-likeness (QED) is 0.589. The Bertz CT molecular complexity index is 756. The summed E-state index contributed by atoms with van der Waals surface area (Å²) in [5.74, 6) is 3.36. The van der Waals surface area contributed by atoms with Crippen LogP contribution in [-0.2, 0) is 14.3 Å². The van der Waals surface area contributed by atoms with Gasteiger partial charge in [-0.3, -0.25) is 4.79 Å². The van der Waals surface area contributed by atoms with Crippen molar-refractivity contribution < 1.29 is 19.4 Å². The van der Waals surface area contributed by atoms with Gasteiger partial charge in [-0.2, -0.15) is 0 Å². The summed E-state index contributed by atoms with van der Waals surface area (Å²) in [4.78, 5) is 13.9. The van der Waals surface area contributed by atoms with E-state index in [9.17, 15) is 9.90 Å². The lowest BCUT2D eigenvalue weighted by Crippen LogP contribution is -2.58. The van der Waals surface area contributed by atoms with E-state index in [0.717, 1.165) is 51.6 Å². The van der Waals surface area contributed by atoms with Gasteiger partial charge < -0.3 is 14.6 Å². The Kier molecular flexibility index (Phi) is 4.62. The van der Waals surface area contributed by atoms with Gasteiger partial charge in [0.15, 0.2) is 5.79 Å². The zero-order chi connectivity index (χ0) is 21.8. The van der Waals surface area contributed by atoms with Crippen molar-refractivity contribution in [3.8, 4) is 0 Å². The van der Waals surface area contributed by atoms with Crippen molar-refractivity contribution in [2.24, 2.45) is 52.3 Å².